The molecule has 4 rings (SSSR count). The molecule has 0 spiro atoms. The number of piperazine rings is 1. The van der Waals surface area contributed by atoms with Crippen LogP contribution in [0.15, 0.2) is 71.9 Å². The molecule has 1 aliphatic heterocycles. The van der Waals surface area contributed by atoms with Gasteiger partial charge in [-0.25, -0.2) is 9.97 Å². The van der Waals surface area contributed by atoms with Crippen LogP contribution in [0.25, 0.3) is 0 Å². The van der Waals surface area contributed by atoms with E-state index in [1.54, 1.807) is 6.07 Å². The minimum Gasteiger partial charge on any atom is -0.353 e. The first-order valence-electron chi connectivity index (χ1n) is 15.5. The van der Waals surface area contributed by atoms with E-state index in [2.05, 4.69) is 35.9 Å². The van der Waals surface area contributed by atoms with Gasteiger partial charge >= 0.3 is 0 Å². The highest BCUT2D eigenvalue weighted by molar-refractivity contribution is 7.99. The number of hydrogen-bond acceptors (Lipinski definition) is 6. The van der Waals surface area contributed by atoms with E-state index in [4.69, 9.17) is 16.6 Å². The Morgan fingerprint density at radius 3 is 2.35 bits per heavy atom. The van der Waals surface area contributed by atoms with Gasteiger partial charge in [-0.3, -0.25) is 9.59 Å². The fraction of sp³-hybridized carbons (Fsp3) is 0.471. The molecule has 2 amide bonds. The molecule has 1 atom stereocenters. The minimum atomic E-state index is 0.0327. The van der Waals surface area contributed by atoms with Crippen molar-refractivity contribution in [2.24, 2.45) is 0 Å². The van der Waals surface area contributed by atoms with Crippen LogP contribution < -0.4 is 4.90 Å². The number of anilines is 1. The Kier molecular flexibility index (Phi) is 13.2. The second-order valence-corrected chi connectivity index (χ2v) is 12.5. The fourth-order valence-electron chi connectivity index (χ4n) is 5.39. The minimum absolute atomic E-state index is 0.0327. The van der Waals surface area contributed by atoms with Crippen LogP contribution >= 0.6 is 23.4 Å². The number of carbonyl (C=O) groups excluding carboxylic acids is 2. The topological polar surface area (TPSA) is 69.6 Å². The average molecular weight is 622 g/mol. The lowest BCUT2D eigenvalue weighted by atomic mass is 10.1. The Morgan fingerprint density at radius 2 is 1.65 bits per heavy atom. The van der Waals surface area contributed by atoms with Crippen molar-refractivity contribution >= 4 is 41.0 Å². The highest BCUT2D eigenvalue weighted by atomic mass is 35.5. The maximum atomic E-state index is 13.5. The van der Waals surface area contributed by atoms with Gasteiger partial charge in [-0.15, -0.1) is 0 Å². The molecule has 43 heavy (non-hydrogen) atoms. The number of unbranched alkanes of at least 4 members (excludes halogenated alkanes) is 4. The predicted molar refractivity (Wildman–Crippen MR) is 177 cm³/mol. The molecule has 0 aliphatic carbocycles. The summed E-state index contributed by atoms with van der Waals surface area (Å²) in [7, 11) is 0. The highest BCUT2D eigenvalue weighted by Gasteiger charge is 2.28. The van der Waals surface area contributed by atoms with E-state index >= 15 is 0 Å². The molecule has 0 radical (unpaired) electrons. The Hall–Kier alpha value is -3.10. The predicted octanol–water partition coefficient (Wildman–Crippen LogP) is 6.89. The molecule has 7 nitrogen and oxygen atoms in total. The van der Waals surface area contributed by atoms with E-state index in [0.717, 1.165) is 30.6 Å². The van der Waals surface area contributed by atoms with Gasteiger partial charge < -0.3 is 14.7 Å². The summed E-state index contributed by atoms with van der Waals surface area (Å²) in [6.45, 7) is 7.50. The number of benzene rings is 2. The maximum absolute atomic E-state index is 13.5. The average Bonchev–Trinajstić information content (AvgIpc) is 3.02. The van der Waals surface area contributed by atoms with Crippen LogP contribution in [0.3, 0.4) is 0 Å². The van der Waals surface area contributed by atoms with E-state index in [9.17, 15) is 9.59 Å². The van der Waals surface area contributed by atoms with Gasteiger partial charge in [0, 0.05) is 51.3 Å². The standard InChI is InChI=1S/C34H44ClN5O2S/c1-3-4-5-6-13-18-32(41)40-22-21-38(24-27(40)2)31-23-30(35)36-34(37-31)43-26-33(42)39(25-29-16-11-8-12-17-29)20-19-28-14-9-7-10-15-28/h7-12,14-17,23,27H,3-6,13,18-22,24-26H2,1-2H3. The van der Waals surface area contributed by atoms with Gasteiger partial charge in [0.25, 0.3) is 0 Å². The van der Waals surface area contributed by atoms with E-state index in [1.807, 2.05) is 58.3 Å². The summed E-state index contributed by atoms with van der Waals surface area (Å²) >= 11 is 7.74. The van der Waals surface area contributed by atoms with E-state index in [1.165, 1.54) is 36.6 Å². The van der Waals surface area contributed by atoms with Crippen LogP contribution in [0.1, 0.15) is 63.5 Å². The Labute approximate surface area is 266 Å². The monoisotopic (exact) mass is 621 g/mol. The molecule has 0 N–H and O–H groups in total. The van der Waals surface area contributed by atoms with Crippen molar-refractivity contribution in [1.82, 2.24) is 19.8 Å². The zero-order valence-electron chi connectivity index (χ0n) is 25.5. The normalized spacial score (nSPS) is 15.0. The lowest BCUT2D eigenvalue weighted by Crippen LogP contribution is -2.54. The second kappa shape index (κ2) is 17.3. The fourth-order valence-corrected chi connectivity index (χ4v) is 6.38. The van der Waals surface area contributed by atoms with Crippen molar-refractivity contribution < 1.29 is 9.59 Å². The first kappa shape index (κ1) is 32.8. The Balaban J connectivity index is 1.34. The van der Waals surface area contributed by atoms with Crippen molar-refractivity contribution in [2.75, 3.05) is 36.8 Å². The van der Waals surface area contributed by atoms with Crippen LogP contribution in [-0.4, -0.2) is 69.6 Å². The number of carbonyl (C=O) groups is 2. The molecule has 1 unspecified atom stereocenters. The summed E-state index contributed by atoms with van der Waals surface area (Å²) < 4.78 is 0. The van der Waals surface area contributed by atoms with E-state index < -0.39 is 0 Å². The summed E-state index contributed by atoms with van der Waals surface area (Å²) in [5, 5.41) is 0.834. The number of amides is 2. The molecule has 3 aromatic rings. The molecule has 1 aliphatic rings. The molecule has 0 bridgehead atoms. The third kappa shape index (κ3) is 10.5. The molecule has 0 saturated carbocycles. The summed E-state index contributed by atoms with van der Waals surface area (Å²) in [5.41, 5.74) is 2.30. The third-order valence-electron chi connectivity index (χ3n) is 7.83. The second-order valence-electron chi connectivity index (χ2n) is 11.2. The van der Waals surface area contributed by atoms with E-state index in [-0.39, 0.29) is 23.6 Å². The molecule has 1 fully saturated rings. The Bertz CT molecular complexity index is 1300. The zero-order valence-corrected chi connectivity index (χ0v) is 27.0. The molecular weight excluding hydrogens is 578 g/mol. The van der Waals surface area contributed by atoms with Crippen molar-refractivity contribution in [3.8, 4) is 0 Å². The number of thioether (sulfide) groups is 1. The van der Waals surface area contributed by atoms with Gasteiger partial charge in [-0.2, -0.15) is 0 Å². The van der Waals surface area contributed by atoms with Gasteiger partial charge in [-0.05, 0) is 30.9 Å². The third-order valence-corrected chi connectivity index (χ3v) is 8.86. The molecule has 230 valence electrons. The first-order chi connectivity index (χ1) is 20.9. The summed E-state index contributed by atoms with van der Waals surface area (Å²) in [6.07, 6.45) is 7.13. The Morgan fingerprint density at radius 1 is 0.953 bits per heavy atom. The van der Waals surface area contributed by atoms with Gasteiger partial charge in [0.2, 0.25) is 11.8 Å². The van der Waals surface area contributed by atoms with Crippen molar-refractivity contribution in [1.29, 1.82) is 0 Å². The molecule has 2 aromatic carbocycles. The summed E-state index contributed by atoms with van der Waals surface area (Å²) in [5.74, 6) is 1.23. The van der Waals surface area contributed by atoms with Crippen molar-refractivity contribution in [3.63, 3.8) is 0 Å². The molecule has 2 heterocycles. The van der Waals surface area contributed by atoms with Gasteiger partial charge in [0.1, 0.15) is 11.0 Å². The molecule has 9 heteroatoms. The van der Waals surface area contributed by atoms with Gasteiger partial charge in [-0.1, -0.05) is 117 Å². The van der Waals surface area contributed by atoms with Crippen LogP contribution in [0.4, 0.5) is 5.82 Å². The quantitative estimate of drug-likeness (QED) is 0.0796. The van der Waals surface area contributed by atoms with Crippen LogP contribution in [0.2, 0.25) is 5.15 Å². The van der Waals surface area contributed by atoms with E-state index in [0.29, 0.717) is 49.5 Å². The smallest absolute Gasteiger partial charge is 0.233 e. The van der Waals surface area contributed by atoms with Crippen molar-refractivity contribution in [3.05, 3.63) is 83.0 Å². The van der Waals surface area contributed by atoms with Gasteiger partial charge in [0.05, 0.1) is 5.75 Å². The molecule has 1 saturated heterocycles. The van der Waals surface area contributed by atoms with Crippen LogP contribution in [-0.2, 0) is 22.6 Å². The number of aromatic nitrogens is 2. The number of halogens is 1. The molecule has 1 aromatic heterocycles. The maximum Gasteiger partial charge on any atom is 0.233 e. The first-order valence-corrected chi connectivity index (χ1v) is 16.9. The number of rotatable bonds is 15. The zero-order chi connectivity index (χ0) is 30.4. The lowest BCUT2D eigenvalue weighted by Gasteiger charge is -2.40. The van der Waals surface area contributed by atoms with Crippen LogP contribution in [0.5, 0.6) is 0 Å². The van der Waals surface area contributed by atoms with Crippen LogP contribution in [0, 0.1) is 0 Å². The SMILES string of the molecule is CCCCCCCC(=O)N1CCN(c2cc(Cl)nc(SCC(=O)N(CCc3ccccc3)Cc3ccccc3)n2)CC1C. The summed E-state index contributed by atoms with van der Waals surface area (Å²) in [6, 6.07) is 22.2. The summed E-state index contributed by atoms with van der Waals surface area (Å²) in [4.78, 5) is 41.6. The number of nitrogens with zero attached hydrogens (tertiary/aromatic N) is 5. The van der Waals surface area contributed by atoms with Gasteiger partial charge in [0.15, 0.2) is 5.16 Å². The highest BCUT2D eigenvalue weighted by Crippen LogP contribution is 2.25. The lowest BCUT2D eigenvalue weighted by molar-refractivity contribution is -0.133. The number of hydrogen-bond donors (Lipinski definition) is 0. The molecular formula is C34H44ClN5O2S. The van der Waals surface area contributed by atoms with Crippen molar-refractivity contribution in [2.45, 2.75) is 76.5 Å². The largest absolute Gasteiger partial charge is 0.353 e.